The van der Waals surface area contributed by atoms with Gasteiger partial charge in [0.2, 0.25) is 0 Å². The molecule has 0 radical (unpaired) electrons. The molecule has 4 nitrogen and oxygen atoms in total. The van der Waals surface area contributed by atoms with Crippen LogP contribution in [0.4, 0.5) is 5.82 Å². The molecule has 0 fully saturated rings. The molecule has 2 aromatic rings. The number of amides is 1. The van der Waals surface area contributed by atoms with E-state index in [2.05, 4.69) is 15.3 Å². The van der Waals surface area contributed by atoms with Gasteiger partial charge in [-0.15, -0.1) is 0 Å². The predicted octanol–water partition coefficient (Wildman–Crippen LogP) is 3.34. The first-order valence-electron chi connectivity index (χ1n) is 5.12. The van der Waals surface area contributed by atoms with Crippen LogP contribution in [0.15, 0.2) is 30.6 Å². The lowest BCUT2D eigenvalue weighted by Gasteiger charge is -2.08. The fourth-order valence-corrected chi connectivity index (χ4v) is 1.76. The van der Waals surface area contributed by atoms with Gasteiger partial charge in [-0.1, -0.05) is 29.3 Å². The molecule has 0 saturated carbocycles. The Morgan fingerprint density at radius 2 is 1.94 bits per heavy atom. The number of nitrogens with one attached hydrogen (secondary N) is 1. The Morgan fingerprint density at radius 1 is 1.22 bits per heavy atom. The summed E-state index contributed by atoms with van der Waals surface area (Å²) in [7, 11) is 0. The summed E-state index contributed by atoms with van der Waals surface area (Å²) >= 11 is 11.8. The maximum Gasteiger partial charge on any atom is 0.257 e. The Bertz CT molecular complexity index is 602. The van der Waals surface area contributed by atoms with E-state index in [9.17, 15) is 4.79 Å². The smallest absolute Gasteiger partial charge is 0.257 e. The predicted molar refractivity (Wildman–Crippen MR) is 71.2 cm³/mol. The minimum atomic E-state index is -0.322. The van der Waals surface area contributed by atoms with Crippen molar-refractivity contribution in [2.45, 2.75) is 6.92 Å². The van der Waals surface area contributed by atoms with Gasteiger partial charge in [-0.05, 0) is 24.6 Å². The standard InChI is InChI=1S/C12H9Cl2N3O/c1-7-8(3-2-4-9(7)13)12(18)17-11-10(14)15-5-6-16-11/h2-6H,1H3,(H,16,17,18). The van der Waals surface area contributed by atoms with E-state index >= 15 is 0 Å². The molecule has 2 rings (SSSR count). The van der Waals surface area contributed by atoms with Gasteiger partial charge in [-0.3, -0.25) is 4.79 Å². The molecule has 1 aromatic carbocycles. The summed E-state index contributed by atoms with van der Waals surface area (Å²) in [5, 5.41) is 3.27. The quantitative estimate of drug-likeness (QED) is 0.919. The van der Waals surface area contributed by atoms with Crippen LogP contribution < -0.4 is 5.32 Å². The van der Waals surface area contributed by atoms with Gasteiger partial charge < -0.3 is 5.32 Å². The Balaban J connectivity index is 2.28. The minimum absolute atomic E-state index is 0.144. The van der Waals surface area contributed by atoms with Crippen molar-refractivity contribution in [1.29, 1.82) is 0 Å². The highest BCUT2D eigenvalue weighted by Crippen LogP contribution is 2.21. The van der Waals surface area contributed by atoms with E-state index in [1.807, 2.05) is 0 Å². The van der Waals surface area contributed by atoms with Crippen LogP contribution in [-0.2, 0) is 0 Å². The van der Waals surface area contributed by atoms with Crippen molar-refractivity contribution >= 4 is 34.9 Å². The third-order valence-corrected chi connectivity index (χ3v) is 3.08. The maximum atomic E-state index is 12.0. The van der Waals surface area contributed by atoms with Crippen LogP contribution in [0.2, 0.25) is 10.2 Å². The van der Waals surface area contributed by atoms with E-state index < -0.39 is 0 Å². The zero-order valence-corrected chi connectivity index (χ0v) is 11.0. The Hall–Kier alpha value is -1.65. The van der Waals surface area contributed by atoms with Crippen LogP contribution in [0.5, 0.6) is 0 Å². The van der Waals surface area contributed by atoms with E-state index in [-0.39, 0.29) is 16.9 Å². The van der Waals surface area contributed by atoms with Crippen LogP contribution in [0.1, 0.15) is 15.9 Å². The van der Waals surface area contributed by atoms with E-state index in [0.717, 1.165) is 0 Å². The largest absolute Gasteiger partial charge is 0.304 e. The highest BCUT2D eigenvalue weighted by Gasteiger charge is 2.13. The van der Waals surface area contributed by atoms with Gasteiger partial charge in [0.1, 0.15) is 0 Å². The number of carbonyl (C=O) groups is 1. The van der Waals surface area contributed by atoms with E-state index in [0.29, 0.717) is 16.1 Å². The average molecular weight is 282 g/mol. The first kappa shape index (κ1) is 12.8. The van der Waals surface area contributed by atoms with Crippen LogP contribution in [-0.4, -0.2) is 15.9 Å². The average Bonchev–Trinajstić information content (AvgIpc) is 2.35. The lowest BCUT2D eigenvalue weighted by atomic mass is 10.1. The van der Waals surface area contributed by atoms with Crippen LogP contribution >= 0.6 is 23.2 Å². The van der Waals surface area contributed by atoms with Crippen molar-refractivity contribution in [2.24, 2.45) is 0 Å². The molecular weight excluding hydrogens is 273 g/mol. The monoisotopic (exact) mass is 281 g/mol. The highest BCUT2D eigenvalue weighted by molar-refractivity contribution is 6.33. The maximum absolute atomic E-state index is 12.0. The van der Waals surface area contributed by atoms with E-state index in [1.165, 1.54) is 12.4 Å². The summed E-state index contributed by atoms with van der Waals surface area (Å²) < 4.78 is 0. The summed E-state index contributed by atoms with van der Waals surface area (Å²) in [6.45, 7) is 1.77. The molecule has 0 saturated heterocycles. The lowest BCUT2D eigenvalue weighted by molar-refractivity contribution is 0.102. The van der Waals surface area contributed by atoms with E-state index in [1.54, 1.807) is 25.1 Å². The van der Waals surface area contributed by atoms with Gasteiger partial charge in [0.05, 0.1) is 0 Å². The van der Waals surface area contributed by atoms with Crippen LogP contribution in [0.3, 0.4) is 0 Å². The fourth-order valence-electron chi connectivity index (χ4n) is 1.43. The number of hydrogen-bond acceptors (Lipinski definition) is 3. The molecule has 92 valence electrons. The molecule has 0 spiro atoms. The van der Waals surface area contributed by atoms with Crippen LogP contribution in [0, 0.1) is 6.92 Å². The van der Waals surface area contributed by atoms with Gasteiger partial charge >= 0.3 is 0 Å². The number of halogens is 2. The topological polar surface area (TPSA) is 54.9 Å². The number of anilines is 1. The number of rotatable bonds is 2. The number of nitrogens with zero attached hydrogens (tertiary/aromatic N) is 2. The van der Waals surface area contributed by atoms with Crippen molar-refractivity contribution in [1.82, 2.24) is 9.97 Å². The molecule has 1 amide bonds. The number of benzene rings is 1. The molecule has 0 atom stereocenters. The number of hydrogen-bond donors (Lipinski definition) is 1. The normalized spacial score (nSPS) is 10.2. The first-order chi connectivity index (χ1) is 8.59. The zero-order chi connectivity index (χ0) is 13.1. The molecule has 0 bridgehead atoms. The molecule has 1 heterocycles. The minimum Gasteiger partial charge on any atom is -0.304 e. The molecule has 0 aliphatic rings. The zero-order valence-electron chi connectivity index (χ0n) is 9.45. The first-order valence-corrected chi connectivity index (χ1v) is 5.88. The molecule has 1 N–H and O–H groups in total. The molecule has 0 aliphatic heterocycles. The Kier molecular flexibility index (Phi) is 3.79. The molecule has 0 unspecified atom stereocenters. The molecule has 1 aromatic heterocycles. The van der Waals surface area contributed by atoms with Crippen molar-refractivity contribution in [3.63, 3.8) is 0 Å². The van der Waals surface area contributed by atoms with Gasteiger partial charge in [0, 0.05) is 23.0 Å². The summed E-state index contributed by atoms with van der Waals surface area (Å²) in [4.78, 5) is 19.8. The number of carbonyl (C=O) groups excluding carboxylic acids is 1. The van der Waals surface area contributed by atoms with Crippen molar-refractivity contribution in [3.8, 4) is 0 Å². The second kappa shape index (κ2) is 5.33. The van der Waals surface area contributed by atoms with Crippen molar-refractivity contribution < 1.29 is 4.79 Å². The van der Waals surface area contributed by atoms with E-state index in [4.69, 9.17) is 23.2 Å². The van der Waals surface area contributed by atoms with Crippen LogP contribution in [0.25, 0.3) is 0 Å². The second-order valence-electron chi connectivity index (χ2n) is 3.56. The molecule has 0 aliphatic carbocycles. The van der Waals surface area contributed by atoms with Gasteiger partial charge in [0.15, 0.2) is 11.0 Å². The highest BCUT2D eigenvalue weighted by atomic mass is 35.5. The van der Waals surface area contributed by atoms with Gasteiger partial charge in [-0.2, -0.15) is 0 Å². The lowest BCUT2D eigenvalue weighted by Crippen LogP contribution is -2.15. The molecule has 6 heteroatoms. The van der Waals surface area contributed by atoms with Gasteiger partial charge in [0.25, 0.3) is 5.91 Å². The SMILES string of the molecule is Cc1c(Cl)cccc1C(=O)Nc1nccnc1Cl. The van der Waals surface area contributed by atoms with Crippen molar-refractivity contribution in [3.05, 3.63) is 51.9 Å². The second-order valence-corrected chi connectivity index (χ2v) is 4.33. The summed E-state index contributed by atoms with van der Waals surface area (Å²) in [6.07, 6.45) is 2.90. The summed E-state index contributed by atoms with van der Waals surface area (Å²) in [6, 6.07) is 5.12. The molecular formula is C12H9Cl2N3O. The molecule has 18 heavy (non-hydrogen) atoms. The summed E-state index contributed by atoms with van der Waals surface area (Å²) in [5.41, 5.74) is 1.18. The number of aromatic nitrogens is 2. The third kappa shape index (κ3) is 2.60. The Morgan fingerprint density at radius 3 is 2.67 bits per heavy atom. The Labute approximate surface area is 114 Å². The fraction of sp³-hybridized carbons (Fsp3) is 0.0833. The van der Waals surface area contributed by atoms with Crippen molar-refractivity contribution in [2.75, 3.05) is 5.32 Å². The van der Waals surface area contributed by atoms with Gasteiger partial charge in [-0.25, -0.2) is 9.97 Å². The third-order valence-electron chi connectivity index (χ3n) is 2.40. The summed E-state index contributed by atoms with van der Waals surface area (Å²) in [5.74, 6) is -0.0963.